The molecule has 1 aliphatic carbocycles. The molecule has 2 fully saturated rings. The number of nitrogens with one attached hydrogen (secondary N) is 1. The van der Waals surface area contributed by atoms with Crippen LogP contribution in [-0.4, -0.2) is 42.9 Å². The van der Waals surface area contributed by atoms with E-state index < -0.39 is 0 Å². The highest BCUT2D eigenvalue weighted by molar-refractivity contribution is 7.13. The van der Waals surface area contributed by atoms with Crippen LogP contribution in [0.25, 0.3) is 0 Å². The van der Waals surface area contributed by atoms with Crippen LogP contribution < -0.4 is 5.32 Å². The number of nitrogens with zero attached hydrogens (tertiary/aromatic N) is 1. The van der Waals surface area contributed by atoms with Gasteiger partial charge in [-0.2, -0.15) is 0 Å². The van der Waals surface area contributed by atoms with E-state index >= 15 is 0 Å². The molecule has 0 radical (unpaired) electrons. The van der Waals surface area contributed by atoms with Gasteiger partial charge in [0.25, 0.3) is 5.91 Å². The van der Waals surface area contributed by atoms with Crippen LogP contribution in [0.5, 0.6) is 0 Å². The molecule has 2 atom stereocenters. The molecule has 134 valence electrons. The number of carbonyl (C=O) groups is 1. The van der Waals surface area contributed by atoms with Crippen molar-refractivity contribution in [2.24, 2.45) is 5.92 Å². The fourth-order valence-corrected chi connectivity index (χ4v) is 4.04. The van der Waals surface area contributed by atoms with Gasteiger partial charge in [-0.25, -0.2) is 4.98 Å². The number of hydrogen-bond donors (Lipinski definition) is 1. The minimum atomic E-state index is -0.0407. The molecule has 0 bridgehead atoms. The van der Waals surface area contributed by atoms with Gasteiger partial charge in [-0.3, -0.25) is 4.79 Å². The Morgan fingerprint density at radius 3 is 2.83 bits per heavy atom. The van der Waals surface area contributed by atoms with E-state index in [4.69, 9.17) is 9.47 Å². The van der Waals surface area contributed by atoms with Crippen LogP contribution in [0, 0.1) is 12.8 Å². The molecule has 24 heavy (non-hydrogen) atoms. The molecule has 3 rings (SSSR count). The zero-order chi connectivity index (χ0) is 17.1. The summed E-state index contributed by atoms with van der Waals surface area (Å²) in [7, 11) is 0. The fourth-order valence-electron chi connectivity index (χ4n) is 3.07. The summed E-state index contributed by atoms with van der Waals surface area (Å²) in [6, 6.07) is 0.0235. The number of aryl methyl sites for hydroxylation is 1. The van der Waals surface area contributed by atoms with E-state index in [9.17, 15) is 4.79 Å². The van der Waals surface area contributed by atoms with E-state index in [0.717, 1.165) is 28.6 Å². The first-order valence-corrected chi connectivity index (χ1v) is 9.83. The highest BCUT2D eigenvalue weighted by Crippen LogP contribution is 2.28. The van der Waals surface area contributed by atoms with Crippen LogP contribution in [0.4, 0.5) is 0 Å². The molecule has 1 amide bonds. The third-order valence-electron chi connectivity index (χ3n) is 4.90. The first kappa shape index (κ1) is 17.8. The van der Waals surface area contributed by atoms with Gasteiger partial charge < -0.3 is 14.8 Å². The molecule has 0 unspecified atom stereocenters. The highest BCUT2D eigenvalue weighted by atomic mass is 32.1. The number of carbonyl (C=O) groups excluding carboxylic acids is 1. The summed E-state index contributed by atoms with van der Waals surface area (Å²) in [4.78, 5) is 17.9. The molecule has 5 nitrogen and oxygen atoms in total. The average Bonchev–Trinajstić information content (AvgIpc) is 2.89. The summed E-state index contributed by atoms with van der Waals surface area (Å²) in [5.41, 5.74) is 0.820. The maximum atomic E-state index is 12.7. The molecule has 1 aromatic heterocycles. The predicted molar refractivity (Wildman–Crippen MR) is 94.7 cm³/mol. The van der Waals surface area contributed by atoms with Gasteiger partial charge in [0.2, 0.25) is 0 Å². The smallest absolute Gasteiger partial charge is 0.263 e. The van der Waals surface area contributed by atoms with Crippen molar-refractivity contribution in [3.8, 4) is 0 Å². The van der Waals surface area contributed by atoms with E-state index in [2.05, 4.69) is 24.1 Å². The van der Waals surface area contributed by atoms with Crippen molar-refractivity contribution >= 4 is 17.2 Å². The maximum Gasteiger partial charge on any atom is 0.263 e. The summed E-state index contributed by atoms with van der Waals surface area (Å²) < 4.78 is 11.6. The zero-order valence-electron chi connectivity index (χ0n) is 14.8. The summed E-state index contributed by atoms with van der Waals surface area (Å²) in [5.74, 6) is 1.01. The van der Waals surface area contributed by atoms with Crippen molar-refractivity contribution in [2.45, 2.75) is 64.5 Å². The molecule has 1 saturated carbocycles. The molecule has 0 aromatic carbocycles. The number of thiazole rings is 1. The van der Waals surface area contributed by atoms with E-state index in [1.807, 2.05) is 6.92 Å². The second-order valence-corrected chi connectivity index (χ2v) is 8.26. The van der Waals surface area contributed by atoms with Crippen molar-refractivity contribution < 1.29 is 14.3 Å². The Labute approximate surface area is 148 Å². The van der Waals surface area contributed by atoms with E-state index in [1.54, 1.807) is 0 Å². The maximum absolute atomic E-state index is 12.7. The first-order chi connectivity index (χ1) is 11.5. The number of aromatic nitrogens is 1. The quantitative estimate of drug-likeness (QED) is 0.853. The lowest BCUT2D eigenvalue weighted by molar-refractivity contribution is -0.0818. The molecular formula is C18H28N2O3S. The molecule has 0 spiro atoms. The SMILES string of the molecule is Cc1nc(C(C)C)sc1C(=O)N[C@@H]1CCOC[C@H]1OCC1CCC1. The van der Waals surface area contributed by atoms with E-state index in [1.165, 1.54) is 30.6 Å². The second kappa shape index (κ2) is 7.93. The van der Waals surface area contributed by atoms with Crippen LogP contribution in [0.1, 0.15) is 65.8 Å². The molecule has 2 heterocycles. The molecular weight excluding hydrogens is 324 g/mol. The van der Waals surface area contributed by atoms with Crippen LogP contribution in [0.2, 0.25) is 0 Å². The Morgan fingerprint density at radius 1 is 1.42 bits per heavy atom. The normalized spacial score (nSPS) is 24.8. The lowest BCUT2D eigenvalue weighted by Gasteiger charge is -2.34. The molecule has 6 heteroatoms. The van der Waals surface area contributed by atoms with Gasteiger partial charge in [-0.15, -0.1) is 11.3 Å². The van der Waals surface area contributed by atoms with Crippen LogP contribution in [0.15, 0.2) is 0 Å². The second-order valence-electron chi connectivity index (χ2n) is 7.23. The van der Waals surface area contributed by atoms with Crippen molar-refractivity contribution in [3.63, 3.8) is 0 Å². The first-order valence-electron chi connectivity index (χ1n) is 9.02. The predicted octanol–water partition coefficient (Wildman–Crippen LogP) is 3.28. The van der Waals surface area contributed by atoms with Crippen molar-refractivity contribution in [3.05, 3.63) is 15.6 Å². The minimum absolute atomic E-state index is 0.0235. The number of hydrogen-bond acceptors (Lipinski definition) is 5. The molecule has 1 aromatic rings. The largest absolute Gasteiger partial charge is 0.379 e. The monoisotopic (exact) mass is 352 g/mol. The summed E-state index contributed by atoms with van der Waals surface area (Å²) in [6.45, 7) is 8.14. The highest BCUT2D eigenvalue weighted by Gasteiger charge is 2.30. The van der Waals surface area contributed by atoms with Crippen molar-refractivity contribution in [1.29, 1.82) is 0 Å². The van der Waals surface area contributed by atoms with E-state index in [0.29, 0.717) is 25.0 Å². The third-order valence-corrected chi connectivity index (χ3v) is 6.36. The standard InChI is InChI=1S/C18H28N2O3S/c1-11(2)18-19-12(3)16(24-18)17(21)20-14-7-8-22-10-15(14)23-9-13-5-4-6-13/h11,13-15H,4-10H2,1-3H3,(H,20,21)/t14-,15-/m1/s1. The summed E-state index contributed by atoms with van der Waals surface area (Å²) >= 11 is 1.50. The van der Waals surface area contributed by atoms with Crippen molar-refractivity contribution in [1.82, 2.24) is 10.3 Å². The Bertz CT molecular complexity index is 569. The van der Waals surface area contributed by atoms with Gasteiger partial charge in [0, 0.05) is 19.1 Å². The van der Waals surface area contributed by atoms with Gasteiger partial charge >= 0.3 is 0 Å². The third kappa shape index (κ3) is 4.16. The fraction of sp³-hybridized carbons (Fsp3) is 0.778. The van der Waals surface area contributed by atoms with Crippen LogP contribution >= 0.6 is 11.3 Å². The zero-order valence-corrected chi connectivity index (χ0v) is 15.7. The number of ether oxygens (including phenoxy) is 2. The van der Waals surface area contributed by atoms with Gasteiger partial charge in [0.05, 0.1) is 23.4 Å². The Balaban J connectivity index is 1.60. The van der Waals surface area contributed by atoms with Crippen LogP contribution in [-0.2, 0) is 9.47 Å². The molecule has 2 aliphatic rings. The van der Waals surface area contributed by atoms with Crippen molar-refractivity contribution in [2.75, 3.05) is 19.8 Å². The summed E-state index contributed by atoms with van der Waals surface area (Å²) in [5, 5.41) is 4.18. The Hall–Kier alpha value is -0.980. The van der Waals surface area contributed by atoms with Gasteiger partial charge in [0.15, 0.2) is 0 Å². The average molecular weight is 353 g/mol. The topological polar surface area (TPSA) is 60.5 Å². The molecule has 1 aliphatic heterocycles. The Morgan fingerprint density at radius 2 is 2.21 bits per heavy atom. The van der Waals surface area contributed by atoms with E-state index in [-0.39, 0.29) is 18.1 Å². The van der Waals surface area contributed by atoms with Gasteiger partial charge in [0.1, 0.15) is 11.0 Å². The lowest BCUT2D eigenvalue weighted by Crippen LogP contribution is -2.50. The number of amides is 1. The minimum Gasteiger partial charge on any atom is -0.379 e. The van der Waals surface area contributed by atoms with Gasteiger partial charge in [-0.1, -0.05) is 20.3 Å². The molecule has 1 saturated heterocycles. The van der Waals surface area contributed by atoms with Gasteiger partial charge in [-0.05, 0) is 32.1 Å². The Kier molecular flexibility index (Phi) is 5.89. The molecule has 1 N–H and O–H groups in total. The lowest BCUT2D eigenvalue weighted by atomic mass is 9.86. The number of rotatable bonds is 6. The summed E-state index contributed by atoms with van der Waals surface area (Å²) in [6.07, 6.45) is 4.61. The van der Waals surface area contributed by atoms with Crippen LogP contribution in [0.3, 0.4) is 0 Å².